The number of hydrogen-bond acceptors (Lipinski definition) is 0. The maximum atomic E-state index is 4.31. The number of benzene rings is 3. The van der Waals surface area contributed by atoms with Crippen molar-refractivity contribution < 1.29 is 0 Å². The van der Waals surface area contributed by atoms with E-state index in [1.54, 1.807) is 0 Å². The van der Waals surface area contributed by atoms with Crippen LogP contribution < -0.4 is 0 Å². The number of rotatable bonds is 19. The summed E-state index contributed by atoms with van der Waals surface area (Å²) in [5.74, 6) is 0. The standard InChI is InChI=1S/C35H48BrP/c1-2-3-4-5-6-7-8-9-10-11-12-13-14-24-31-37(36)35(32-25-18-15-19-26-32,33-27-20-16-21-28-33)34-29-22-17-23-30-34/h15-23,25-30H,2-14,24,31H2,1H3. The molecule has 0 radical (unpaired) electrons. The van der Waals surface area contributed by atoms with Crippen LogP contribution in [0.15, 0.2) is 91.0 Å². The first kappa shape index (κ1) is 30.1. The number of hydrogen-bond donors (Lipinski definition) is 0. The zero-order valence-corrected chi connectivity index (χ0v) is 25.6. The molecule has 0 amide bonds. The summed E-state index contributed by atoms with van der Waals surface area (Å²) < 4.78 is 0. The van der Waals surface area contributed by atoms with E-state index in [-0.39, 0.29) is 5.16 Å². The van der Waals surface area contributed by atoms with Crippen LogP contribution in [0.2, 0.25) is 0 Å². The molecular formula is C35H48BrP. The van der Waals surface area contributed by atoms with E-state index in [1.165, 1.54) is 113 Å². The summed E-state index contributed by atoms with van der Waals surface area (Å²) in [5.41, 5.74) is 4.17. The van der Waals surface area contributed by atoms with E-state index in [0.29, 0.717) is 0 Å². The Hall–Kier alpha value is -1.43. The molecule has 3 aromatic rings. The molecule has 0 fully saturated rings. The van der Waals surface area contributed by atoms with Gasteiger partial charge in [-0.3, -0.25) is 0 Å². The minimum absolute atomic E-state index is 0.143. The van der Waals surface area contributed by atoms with Gasteiger partial charge in [0.25, 0.3) is 0 Å². The molecule has 1 unspecified atom stereocenters. The monoisotopic (exact) mass is 578 g/mol. The normalized spacial score (nSPS) is 12.5. The van der Waals surface area contributed by atoms with Crippen molar-refractivity contribution in [2.45, 2.75) is 102 Å². The second-order valence-electron chi connectivity index (χ2n) is 10.5. The second-order valence-corrected chi connectivity index (χ2v) is 14.9. The van der Waals surface area contributed by atoms with Gasteiger partial charge in [-0.15, -0.1) is 0 Å². The molecule has 0 N–H and O–H groups in total. The van der Waals surface area contributed by atoms with E-state index < -0.39 is 6.62 Å². The van der Waals surface area contributed by atoms with Crippen molar-refractivity contribution >= 4 is 22.1 Å². The van der Waals surface area contributed by atoms with Crippen LogP contribution >= 0.6 is 22.1 Å². The molecule has 0 heterocycles. The van der Waals surface area contributed by atoms with Crippen LogP contribution in [0.3, 0.4) is 0 Å². The van der Waals surface area contributed by atoms with Crippen molar-refractivity contribution in [1.29, 1.82) is 0 Å². The minimum Gasteiger partial charge on any atom is -0.0654 e. The van der Waals surface area contributed by atoms with Gasteiger partial charge < -0.3 is 0 Å². The summed E-state index contributed by atoms with van der Waals surface area (Å²) in [6.07, 6.45) is 20.9. The fraction of sp³-hybridized carbons (Fsp3) is 0.486. The van der Waals surface area contributed by atoms with Gasteiger partial charge in [-0.1, -0.05) is 197 Å². The Morgan fingerprint density at radius 1 is 0.459 bits per heavy atom. The van der Waals surface area contributed by atoms with Gasteiger partial charge in [0, 0.05) is 0 Å². The van der Waals surface area contributed by atoms with E-state index >= 15 is 0 Å². The molecular weight excluding hydrogens is 531 g/mol. The molecule has 3 rings (SSSR count). The van der Waals surface area contributed by atoms with Crippen LogP contribution in [0.4, 0.5) is 0 Å². The van der Waals surface area contributed by atoms with E-state index in [4.69, 9.17) is 0 Å². The summed E-state index contributed by atoms with van der Waals surface area (Å²) >= 11 is 4.31. The van der Waals surface area contributed by atoms with E-state index in [2.05, 4.69) is 113 Å². The van der Waals surface area contributed by atoms with Crippen LogP contribution in [-0.2, 0) is 5.16 Å². The number of unbranched alkanes of at least 4 members (excludes halogenated alkanes) is 13. The molecule has 0 aliphatic rings. The predicted octanol–water partition coefficient (Wildman–Crippen LogP) is 12.3. The Kier molecular flexibility index (Phi) is 14.6. The maximum Gasteiger partial charge on any atom is 0.0750 e. The summed E-state index contributed by atoms with van der Waals surface area (Å²) in [5, 5.41) is -0.143. The Morgan fingerprint density at radius 3 is 1.08 bits per heavy atom. The lowest BCUT2D eigenvalue weighted by Gasteiger charge is -2.40. The van der Waals surface area contributed by atoms with Crippen molar-refractivity contribution in [2.75, 3.05) is 6.16 Å². The van der Waals surface area contributed by atoms with Crippen LogP contribution in [0, 0.1) is 0 Å². The lowest BCUT2D eigenvalue weighted by atomic mass is 9.84. The first-order valence-electron chi connectivity index (χ1n) is 14.9. The molecule has 0 spiro atoms. The summed E-state index contributed by atoms with van der Waals surface area (Å²) in [6.45, 7) is 1.81. The molecule has 37 heavy (non-hydrogen) atoms. The third-order valence-electron chi connectivity index (χ3n) is 7.65. The van der Waals surface area contributed by atoms with Gasteiger partial charge in [-0.05, 0) is 35.9 Å². The second kappa shape index (κ2) is 18.0. The average Bonchev–Trinajstić information content (AvgIpc) is 2.95. The quantitative estimate of drug-likeness (QED) is 0.0753. The zero-order chi connectivity index (χ0) is 26.0. The molecule has 3 aromatic carbocycles. The average molecular weight is 580 g/mol. The highest BCUT2D eigenvalue weighted by Crippen LogP contribution is 2.68. The van der Waals surface area contributed by atoms with Gasteiger partial charge in [-0.25, -0.2) is 0 Å². The minimum atomic E-state index is -0.485. The van der Waals surface area contributed by atoms with Crippen LogP contribution in [0.25, 0.3) is 0 Å². The lowest BCUT2D eigenvalue weighted by molar-refractivity contribution is 0.538. The maximum absolute atomic E-state index is 4.31. The van der Waals surface area contributed by atoms with E-state index in [9.17, 15) is 0 Å². The summed E-state index contributed by atoms with van der Waals surface area (Å²) in [4.78, 5) is 0. The summed E-state index contributed by atoms with van der Waals surface area (Å²) in [6, 6.07) is 33.5. The molecule has 200 valence electrons. The van der Waals surface area contributed by atoms with Crippen molar-refractivity contribution in [3.63, 3.8) is 0 Å². The van der Waals surface area contributed by atoms with Crippen LogP contribution in [-0.4, -0.2) is 6.16 Å². The molecule has 0 saturated carbocycles. The third kappa shape index (κ3) is 9.37. The third-order valence-corrected chi connectivity index (χ3v) is 12.5. The first-order chi connectivity index (χ1) is 18.3. The fourth-order valence-corrected chi connectivity index (χ4v) is 10.3. The highest BCUT2D eigenvalue weighted by Gasteiger charge is 2.42. The molecule has 1 atom stereocenters. The molecule has 0 aliphatic carbocycles. The zero-order valence-electron chi connectivity index (χ0n) is 23.1. The summed E-state index contributed by atoms with van der Waals surface area (Å²) in [7, 11) is 0. The highest BCUT2D eigenvalue weighted by atomic mass is 79.9. The fourth-order valence-electron chi connectivity index (χ4n) is 5.57. The molecule has 0 aromatic heterocycles. The molecule has 2 heteroatoms. The van der Waals surface area contributed by atoms with Gasteiger partial charge in [0.15, 0.2) is 0 Å². The van der Waals surface area contributed by atoms with Crippen molar-refractivity contribution in [3.8, 4) is 0 Å². The highest BCUT2D eigenvalue weighted by molar-refractivity contribution is 9.39. The van der Waals surface area contributed by atoms with Gasteiger partial charge in [0.05, 0.1) is 5.16 Å². The van der Waals surface area contributed by atoms with Gasteiger partial charge in [0.1, 0.15) is 0 Å². The lowest BCUT2D eigenvalue weighted by Crippen LogP contribution is -2.27. The topological polar surface area (TPSA) is 0 Å². The van der Waals surface area contributed by atoms with Gasteiger partial charge >= 0.3 is 0 Å². The Labute approximate surface area is 237 Å². The van der Waals surface area contributed by atoms with Crippen LogP contribution in [0.5, 0.6) is 0 Å². The van der Waals surface area contributed by atoms with Crippen molar-refractivity contribution in [3.05, 3.63) is 108 Å². The number of halogens is 1. The Balaban J connectivity index is 1.51. The largest absolute Gasteiger partial charge is 0.0750 e. The van der Waals surface area contributed by atoms with Crippen molar-refractivity contribution in [1.82, 2.24) is 0 Å². The SMILES string of the molecule is CCCCCCCCCCCCCCCCP(Br)C(c1ccccc1)(c1ccccc1)c1ccccc1. The van der Waals surface area contributed by atoms with Crippen molar-refractivity contribution in [2.24, 2.45) is 0 Å². The Morgan fingerprint density at radius 2 is 0.757 bits per heavy atom. The predicted molar refractivity (Wildman–Crippen MR) is 170 cm³/mol. The van der Waals surface area contributed by atoms with Gasteiger partial charge in [0.2, 0.25) is 0 Å². The molecule has 0 saturated heterocycles. The Bertz CT molecular complexity index is 844. The van der Waals surface area contributed by atoms with E-state index in [1.807, 2.05) is 0 Å². The molecule has 0 nitrogen and oxygen atoms in total. The van der Waals surface area contributed by atoms with Crippen LogP contribution in [0.1, 0.15) is 114 Å². The molecule has 0 bridgehead atoms. The molecule has 0 aliphatic heterocycles. The smallest absolute Gasteiger partial charge is 0.0654 e. The first-order valence-corrected chi connectivity index (χ1v) is 18.4. The van der Waals surface area contributed by atoms with Gasteiger partial charge in [-0.2, -0.15) is 0 Å². The van der Waals surface area contributed by atoms with E-state index in [0.717, 1.165) is 0 Å².